The van der Waals surface area contributed by atoms with Gasteiger partial charge in [0, 0.05) is 10.0 Å². The number of halogens is 1. The van der Waals surface area contributed by atoms with Crippen molar-refractivity contribution < 1.29 is 9.84 Å². The fourth-order valence-corrected chi connectivity index (χ4v) is 1.97. The van der Waals surface area contributed by atoms with Crippen LogP contribution in [0.15, 0.2) is 22.7 Å². The van der Waals surface area contributed by atoms with E-state index in [0.29, 0.717) is 17.7 Å². The summed E-state index contributed by atoms with van der Waals surface area (Å²) in [5.41, 5.74) is -0.179. The van der Waals surface area contributed by atoms with E-state index in [2.05, 4.69) is 22.0 Å². The highest BCUT2D eigenvalue weighted by molar-refractivity contribution is 9.10. The van der Waals surface area contributed by atoms with Crippen LogP contribution in [0.3, 0.4) is 0 Å². The molecule has 2 atom stereocenters. The number of benzene rings is 1. The molecule has 0 radical (unpaired) electrons. The largest absolute Gasteiger partial charge is 0.496 e. The first-order valence-electron chi connectivity index (χ1n) is 5.41. The number of aliphatic hydroxyl groups excluding tert-OH is 1. The molecule has 17 heavy (non-hydrogen) atoms. The van der Waals surface area contributed by atoms with Crippen molar-refractivity contribution in [3.63, 3.8) is 0 Å². The van der Waals surface area contributed by atoms with Crippen LogP contribution in [0.25, 0.3) is 0 Å². The zero-order valence-electron chi connectivity index (χ0n) is 10.2. The van der Waals surface area contributed by atoms with Crippen molar-refractivity contribution in [3.05, 3.63) is 28.2 Å². The van der Waals surface area contributed by atoms with Gasteiger partial charge in [-0.1, -0.05) is 22.9 Å². The number of methoxy groups -OCH3 is 1. The van der Waals surface area contributed by atoms with Crippen LogP contribution in [0.1, 0.15) is 31.9 Å². The first-order valence-corrected chi connectivity index (χ1v) is 6.20. The number of nitriles is 1. The second-order valence-electron chi connectivity index (χ2n) is 4.17. The van der Waals surface area contributed by atoms with Crippen molar-refractivity contribution in [1.82, 2.24) is 0 Å². The summed E-state index contributed by atoms with van der Waals surface area (Å²) in [5, 5.41) is 19.5. The molecule has 1 rings (SSSR count). The predicted molar refractivity (Wildman–Crippen MR) is 69.7 cm³/mol. The van der Waals surface area contributed by atoms with Gasteiger partial charge >= 0.3 is 0 Å². The summed E-state index contributed by atoms with van der Waals surface area (Å²) in [4.78, 5) is 0. The fourth-order valence-electron chi connectivity index (χ4n) is 1.60. The van der Waals surface area contributed by atoms with Gasteiger partial charge in [-0.25, -0.2) is 0 Å². The Hall–Kier alpha value is -1.05. The monoisotopic (exact) mass is 297 g/mol. The van der Waals surface area contributed by atoms with Gasteiger partial charge in [-0.2, -0.15) is 5.26 Å². The molecule has 0 aromatic heterocycles. The van der Waals surface area contributed by atoms with Crippen molar-refractivity contribution in [1.29, 1.82) is 5.26 Å². The normalized spacial score (nSPS) is 15.8. The van der Waals surface area contributed by atoms with Crippen molar-refractivity contribution in [2.45, 2.75) is 26.4 Å². The second kappa shape index (κ2) is 5.52. The number of nitrogens with zero attached hydrogens (tertiary/aromatic N) is 1. The van der Waals surface area contributed by atoms with Crippen molar-refractivity contribution in [2.75, 3.05) is 7.11 Å². The summed E-state index contributed by atoms with van der Waals surface area (Å²) < 4.78 is 6.07. The maximum atomic E-state index is 10.4. The number of hydrogen-bond donors (Lipinski definition) is 1. The van der Waals surface area contributed by atoms with E-state index in [1.54, 1.807) is 26.2 Å². The van der Waals surface area contributed by atoms with Gasteiger partial charge in [0.15, 0.2) is 0 Å². The Morgan fingerprint density at radius 1 is 1.59 bits per heavy atom. The Kier molecular flexibility index (Phi) is 4.55. The van der Waals surface area contributed by atoms with Crippen LogP contribution in [0.2, 0.25) is 0 Å². The molecule has 0 aliphatic rings. The van der Waals surface area contributed by atoms with Gasteiger partial charge < -0.3 is 9.84 Å². The summed E-state index contributed by atoms with van der Waals surface area (Å²) in [5.74, 6) is 0.593. The standard InChI is InChI=1S/C13H16BrNO2/c1-4-13(2,8-15)12(16)10-7-9(14)5-6-11(10)17-3/h5-7,12,16H,4H2,1-3H3. The molecular weight excluding hydrogens is 282 g/mol. The van der Waals surface area contributed by atoms with E-state index in [9.17, 15) is 10.4 Å². The lowest BCUT2D eigenvalue weighted by Crippen LogP contribution is -2.23. The Labute approximate surface area is 110 Å². The van der Waals surface area contributed by atoms with Crippen molar-refractivity contribution in [3.8, 4) is 11.8 Å². The lowest BCUT2D eigenvalue weighted by Gasteiger charge is -2.27. The van der Waals surface area contributed by atoms with Gasteiger partial charge in [0.25, 0.3) is 0 Å². The van der Waals surface area contributed by atoms with E-state index in [0.717, 1.165) is 4.47 Å². The predicted octanol–water partition coefficient (Wildman–Crippen LogP) is 3.43. The second-order valence-corrected chi connectivity index (χ2v) is 5.09. The van der Waals surface area contributed by atoms with Gasteiger partial charge in [-0.05, 0) is 31.5 Å². The third-order valence-corrected chi connectivity index (χ3v) is 3.57. The fraction of sp³-hybridized carbons (Fsp3) is 0.462. The van der Waals surface area contributed by atoms with Crippen LogP contribution in [0.5, 0.6) is 5.75 Å². The third-order valence-electron chi connectivity index (χ3n) is 3.08. The highest BCUT2D eigenvalue weighted by Crippen LogP contribution is 2.40. The van der Waals surface area contributed by atoms with Gasteiger partial charge in [0.2, 0.25) is 0 Å². The molecule has 0 spiro atoms. The van der Waals surface area contributed by atoms with Crippen LogP contribution in [-0.2, 0) is 0 Å². The SMILES string of the molecule is CCC(C)(C#N)C(O)c1cc(Br)ccc1OC. The topological polar surface area (TPSA) is 53.2 Å². The quantitative estimate of drug-likeness (QED) is 0.926. The van der Waals surface area contributed by atoms with Crippen LogP contribution < -0.4 is 4.74 Å². The number of aliphatic hydroxyl groups is 1. The minimum absolute atomic E-state index is 0.570. The number of ether oxygens (including phenoxy) is 1. The summed E-state index contributed by atoms with van der Waals surface area (Å²) in [6.07, 6.45) is -0.301. The van der Waals surface area contributed by atoms with E-state index >= 15 is 0 Å². The molecule has 0 saturated heterocycles. The van der Waals surface area contributed by atoms with Gasteiger partial charge in [-0.3, -0.25) is 0 Å². The van der Waals surface area contributed by atoms with E-state index in [-0.39, 0.29) is 0 Å². The molecule has 92 valence electrons. The highest BCUT2D eigenvalue weighted by Gasteiger charge is 2.34. The molecule has 0 fully saturated rings. The van der Waals surface area contributed by atoms with Crippen LogP contribution in [-0.4, -0.2) is 12.2 Å². The summed E-state index contributed by atoms with van der Waals surface area (Å²) in [7, 11) is 1.55. The number of rotatable bonds is 4. The minimum atomic E-state index is -0.870. The summed E-state index contributed by atoms with van der Waals surface area (Å²) in [6.45, 7) is 3.63. The zero-order valence-corrected chi connectivity index (χ0v) is 11.8. The van der Waals surface area contributed by atoms with E-state index in [4.69, 9.17) is 4.74 Å². The average molecular weight is 298 g/mol. The Balaban J connectivity index is 3.24. The molecule has 0 aliphatic heterocycles. The van der Waals surface area contributed by atoms with Crippen molar-refractivity contribution in [2.24, 2.45) is 5.41 Å². The molecule has 1 N–H and O–H groups in total. The lowest BCUT2D eigenvalue weighted by atomic mass is 9.79. The molecule has 0 heterocycles. The van der Waals surface area contributed by atoms with Crippen LogP contribution >= 0.6 is 15.9 Å². The lowest BCUT2D eigenvalue weighted by molar-refractivity contribution is 0.0698. The average Bonchev–Trinajstić information content (AvgIpc) is 2.36. The molecule has 1 aromatic carbocycles. The molecule has 2 unspecified atom stereocenters. The number of hydrogen-bond acceptors (Lipinski definition) is 3. The summed E-state index contributed by atoms with van der Waals surface area (Å²) in [6, 6.07) is 7.57. The van der Waals surface area contributed by atoms with Gasteiger partial charge in [0.05, 0.1) is 18.6 Å². The molecule has 4 heteroatoms. The van der Waals surface area contributed by atoms with E-state index < -0.39 is 11.5 Å². The molecule has 1 aromatic rings. The van der Waals surface area contributed by atoms with Gasteiger partial charge in [0.1, 0.15) is 11.9 Å². The molecular formula is C13H16BrNO2. The molecule has 0 bridgehead atoms. The van der Waals surface area contributed by atoms with Crippen LogP contribution in [0, 0.1) is 16.7 Å². The maximum absolute atomic E-state index is 10.4. The van der Waals surface area contributed by atoms with Gasteiger partial charge in [-0.15, -0.1) is 0 Å². The molecule has 0 amide bonds. The van der Waals surface area contributed by atoms with Crippen LogP contribution in [0.4, 0.5) is 0 Å². The first kappa shape index (κ1) is 14.0. The molecule has 3 nitrogen and oxygen atoms in total. The maximum Gasteiger partial charge on any atom is 0.124 e. The highest BCUT2D eigenvalue weighted by atomic mass is 79.9. The Bertz CT molecular complexity index is 442. The third kappa shape index (κ3) is 2.80. The first-order chi connectivity index (χ1) is 7.98. The molecule has 0 saturated carbocycles. The van der Waals surface area contributed by atoms with Crippen molar-refractivity contribution >= 4 is 15.9 Å². The zero-order chi connectivity index (χ0) is 13.1. The Morgan fingerprint density at radius 3 is 2.71 bits per heavy atom. The Morgan fingerprint density at radius 2 is 2.24 bits per heavy atom. The minimum Gasteiger partial charge on any atom is -0.496 e. The molecule has 0 aliphatic carbocycles. The smallest absolute Gasteiger partial charge is 0.124 e. The summed E-state index contributed by atoms with van der Waals surface area (Å²) >= 11 is 3.35. The van der Waals surface area contributed by atoms with E-state index in [1.165, 1.54) is 0 Å². The van der Waals surface area contributed by atoms with E-state index in [1.807, 2.05) is 13.0 Å².